The average Bonchev–Trinajstić information content (AvgIpc) is 3.11. The van der Waals surface area contributed by atoms with Gasteiger partial charge in [0, 0.05) is 38.8 Å². The van der Waals surface area contributed by atoms with Crippen molar-refractivity contribution >= 4 is 11.8 Å². The molecular formula is C19H32N6O2. The van der Waals surface area contributed by atoms with Gasteiger partial charge in [-0.1, -0.05) is 18.6 Å². The first-order valence-corrected chi connectivity index (χ1v) is 10.2. The summed E-state index contributed by atoms with van der Waals surface area (Å²) >= 11 is 0. The lowest BCUT2D eigenvalue weighted by Crippen LogP contribution is -2.58. The second-order valence-corrected chi connectivity index (χ2v) is 7.85. The van der Waals surface area contributed by atoms with Crippen LogP contribution in [0, 0.1) is 11.8 Å². The van der Waals surface area contributed by atoms with Gasteiger partial charge in [0.15, 0.2) is 0 Å². The number of rotatable bonds is 9. The summed E-state index contributed by atoms with van der Waals surface area (Å²) in [7, 11) is 0. The van der Waals surface area contributed by atoms with Gasteiger partial charge in [-0.3, -0.25) is 19.2 Å². The van der Waals surface area contributed by atoms with Gasteiger partial charge in [-0.25, -0.2) is 0 Å². The van der Waals surface area contributed by atoms with Crippen LogP contribution in [0.25, 0.3) is 0 Å². The molecular weight excluding hydrogens is 344 g/mol. The van der Waals surface area contributed by atoms with Crippen LogP contribution in [-0.4, -0.2) is 63.9 Å². The van der Waals surface area contributed by atoms with E-state index in [1.54, 1.807) is 0 Å². The van der Waals surface area contributed by atoms with E-state index in [1.165, 1.54) is 13.3 Å². The Morgan fingerprint density at radius 1 is 1.30 bits per heavy atom. The normalized spacial score (nSPS) is 26.7. The molecule has 0 aliphatic carbocycles. The van der Waals surface area contributed by atoms with E-state index in [-0.39, 0.29) is 17.7 Å². The maximum Gasteiger partial charge on any atom is 0.224 e. The summed E-state index contributed by atoms with van der Waals surface area (Å²) in [5.41, 5.74) is 1.07. The number of aryl methyl sites for hydroxylation is 1. The standard InChI is InChI=1S/C19H32N6O2/c1-3-4-5-16-11-25(23-22-16)12-17-10-15-6-9-24(17)13-18(15)19(27)21-8-7-20-14(2)26/h11,15,17-18H,3-10,12-13H2,1-2H3,(H,20,26)(H,21,27)/t15-,17-,18+/m1/s1. The second-order valence-electron chi connectivity index (χ2n) is 7.85. The van der Waals surface area contributed by atoms with Gasteiger partial charge in [-0.2, -0.15) is 0 Å². The van der Waals surface area contributed by atoms with Crippen LogP contribution in [0.4, 0.5) is 0 Å². The third-order valence-corrected chi connectivity index (χ3v) is 5.78. The van der Waals surface area contributed by atoms with Crippen molar-refractivity contribution in [3.63, 3.8) is 0 Å². The minimum atomic E-state index is -0.0686. The number of unbranched alkanes of at least 4 members (excludes halogenated alkanes) is 1. The molecule has 1 unspecified atom stereocenters. The van der Waals surface area contributed by atoms with Gasteiger partial charge in [0.2, 0.25) is 11.8 Å². The molecule has 1 aromatic heterocycles. The number of hydrogen-bond donors (Lipinski definition) is 2. The molecule has 2 amide bonds. The Balaban J connectivity index is 1.47. The lowest BCUT2D eigenvalue weighted by Gasteiger charge is -2.49. The molecule has 4 atom stereocenters. The zero-order chi connectivity index (χ0) is 19.2. The Morgan fingerprint density at radius 3 is 2.81 bits per heavy atom. The second kappa shape index (κ2) is 9.30. The predicted molar refractivity (Wildman–Crippen MR) is 102 cm³/mol. The van der Waals surface area contributed by atoms with E-state index in [1.807, 2.05) is 4.68 Å². The van der Waals surface area contributed by atoms with Crippen LogP contribution in [0.5, 0.6) is 0 Å². The summed E-state index contributed by atoms with van der Waals surface area (Å²) in [5.74, 6) is 0.545. The minimum Gasteiger partial charge on any atom is -0.355 e. The molecule has 4 rings (SSSR count). The number of amides is 2. The number of piperidine rings is 3. The topological polar surface area (TPSA) is 92.2 Å². The fourth-order valence-corrected chi connectivity index (χ4v) is 4.30. The van der Waals surface area contributed by atoms with Crippen LogP contribution in [0.15, 0.2) is 6.20 Å². The number of carbonyl (C=O) groups is 2. The first-order valence-electron chi connectivity index (χ1n) is 10.2. The SMILES string of the molecule is CCCCc1cn(C[C@H]2C[C@H]3CCN2C[C@@H]3C(=O)NCCNC(C)=O)nn1. The summed E-state index contributed by atoms with van der Waals surface area (Å²) in [5, 5.41) is 14.2. The smallest absolute Gasteiger partial charge is 0.224 e. The number of hydrogen-bond acceptors (Lipinski definition) is 5. The number of nitrogens with one attached hydrogen (secondary N) is 2. The first kappa shape index (κ1) is 19.8. The summed E-state index contributed by atoms with van der Waals surface area (Å²) in [6.07, 6.45) is 7.50. The highest BCUT2D eigenvalue weighted by atomic mass is 16.2. The third kappa shape index (κ3) is 5.28. The molecule has 0 radical (unpaired) electrons. The molecule has 3 aliphatic rings. The van der Waals surface area contributed by atoms with Crippen LogP contribution < -0.4 is 10.6 Å². The fourth-order valence-electron chi connectivity index (χ4n) is 4.30. The van der Waals surface area contributed by atoms with E-state index in [0.717, 1.165) is 51.0 Å². The molecule has 2 bridgehead atoms. The van der Waals surface area contributed by atoms with Gasteiger partial charge >= 0.3 is 0 Å². The van der Waals surface area contributed by atoms with Gasteiger partial charge in [-0.15, -0.1) is 5.10 Å². The molecule has 8 heteroatoms. The Labute approximate surface area is 161 Å². The Morgan fingerprint density at radius 2 is 2.11 bits per heavy atom. The van der Waals surface area contributed by atoms with Crippen LogP contribution >= 0.6 is 0 Å². The van der Waals surface area contributed by atoms with Gasteiger partial charge in [0.05, 0.1) is 18.2 Å². The van der Waals surface area contributed by atoms with Crippen molar-refractivity contribution in [2.75, 3.05) is 26.2 Å². The molecule has 0 aromatic carbocycles. The van der Waals surface area contributed by atoms with Gasteiger partial charge in [0.1, 0.15) is 0 Å². The highest BCUT2D eigenvalue weighted by molar-refractivity contribution is 5.79. The molecule has 27 heavy (non-hydrogen) atoms. The van der Waals surface area contributed by atoms with E-state index < -0.39 is 0 Å². The first-order chi connectivity index (χ1) is 13.1. The maximum absolute atomic E-state index is 12.5. The van der Waals surface area contributed by atoms with Gasteiger partial charge in [-0.05, 0) is 38.1 Å². The molecule has 0 spiro atoms. The van der Waals surface area contributed by atoms with Crippen LogP contribution in [0.1, 0.15) is 45.2 Å². The number of nitrogens with zero attached hydrogens (tertiary/aromatic N) is 4. The Hall–Kier alpha value is -1.96. The van der Waals surface area contributed by atoms with Crippen molar-refractivity contribution in [3.05, 3.63) is 11.9 Å². The molecule has 0 saturated carbocycles. The molecule has 8 nitrogen and oxygen atoms in total. The van der Waals surface area contributed by atoms with E-state index in [9.17, 15) is 9.59 Å². The van der Waals surface area contributed by atoms with Crippen molar-refractivity contribution < 1.29 is 9.59 Å². The molecule has 3 saturated heterocycles. The van der Waals surface area contributed by atoms with Gasteiger partial charge < -0.3 is 10.6 Å². The highest BCUT2D eigenvalue weighted by Gasteiger charge is 2.43. The van der Waals surface area contributed by atoms with Crippen molar-refractivity contribution in [3.8, 4) is 0 Å². The summed E-state index contributed by atoms with van der Waals surface area (Å²) < 4.78 is 1.97. The summed E-state index contributed by atoms with van der Waals surface area (Å²) in [4.78, 5) is 25.9. The molecule has 3 aliphatic heterocycles. The lowest BCUT2D eigenvalue weighted by atomic mass is 9.75. The lowest BCUT2D eigenvalue weighted by molar-refractivity contribution is -0.133. The number of fused-ring (bicyclic) bond motifs is 3. The zero-order valence-corrected chi connectivity index (χ0v) is 16.5. The Kier molecular flexibility index (Phi) is 6.82. The third-order valence-electron chi connectivity index (χ3n) is 5.78. The van der Waals surface area contributed by atoms with E-state index >= 15 is 0 Å². The maximum atomic E-state index is 12.5. The average molecular weight is 377 g/mol. The number of aromatic nitrogens is 3. The molecule has 3 fully saturated rings. The molecule has 150 valence electrons. The van der Waals surface area contributed by atoms with Crippen molar-refractivity contribution in [2.45, 2.75) is 58.5 Å². The quantitative estimate of drug-likeness (QED) is 0.615. The minimum absolute atomic E-state index is 0.0585. The highest BCUT2D eigenvalue weighted by Crippen LogP contribution is 2.36. The monoisotopic (exact) mass is 376 g/mol. The van der Waals surface area contributed by atoms with Crippen LogP contribution in [-0.2, 0) is 22.6 Å². The van der Waals surface area contributed by atoms with Gasteiger partial charge in [0.25, 0.3) is 0 Å². The van der Waals surface area contributed by atoms with Crippen molar-refractivity contribution in [1.82, 2.24) is 30.5 Å². The largest absolute Gasteiger partial charge is 0.355 e. The fraction of sp³-hybridized carbons (Fsp3) is 0.789. The van der Waals surface area contributed by atoms with Crippen molar-refractivity contribution in [2.24, 2.45) is 11.8 Å². The van der Waals surface area contributed by atoms with E-state index in [0.29, 0.717) is 25.0 Å². The zero-order valence-electron chi connectivity index (χ0n) is 16.5. The van der Waals surface area contributed by atoms with E-state index in [4.69, 9.17) is 0 Å². The van der Waals surface area contributed by atoms with Crippen LogP contribution in [0.3, 0.4) is 0 Å². The molecule has 2 N–H and O–H groups in total. The van der Waals surface area contributed by atoms with E-state index in [2.05, 4.69) is 39.0 Å². The molecule has 4 heterocycles. The summed E-state index contributed by atoms with van der Waals surface area (Å²) in [6.45, 7) is 7.37. The number of carbonyl (C=O) groups excluding carboxylic acids is 2. The van der Waals surface area contributed by atoms with Crippen LogP contribution in [0.2, 0.25) is 0 Å². The predicted octanol–water partition coefficient (Wildman–Crippen LogP) is 0.583. The van der Waals surface area contributed by atoms with Crippen molar-refractivity contribution in [1.29, 1.82) is 0 Å². The molecule has 1 aromatic rings. The Bertz CT molecular complexity index is 646. The summed E-state index contributed by atoms with van der Waals surface area (Å²) in [6, 6.07) is 0.438.